The molecule has 0 aromatic rings. The zero-order chi connectivity index (χ0) is 9.80. The first-order chi connectivity index (χ1) is 6.84. The highest BCUT2D eigenvalue weighted by molar-refractivity contribution is 5.81. The van der Waals surface area contributed by atoms with Gasteiger partial charge in [-0.05, 0) is 25.2 Å². The smallest absolute Gasteiger partial charge is 0.135 e. The number of carbonyl (C=O) groups excluding carboxylic acids is 1. The van der Waals surface area contributed by atoms with Gasteiger partial charge in [-0.2, -0.15) is 0 Å². The minimum Gasteiger partial charge on any atom is -0.377 e. The summed E-state index contributed by atoms with van der Waals surface area (Å²) in [5.74, 6) is 1.16. The predicted octanol–water partition coefficient (Wildman–Crippen LogP) is 2.70. The molecule has 1 atom stereocenters. The fraction of sp³-hybridized carbons (Fsp3) is 0.917. The van der Waals surface area contributed by atoms with Crippen molar-refractivity contribution >= 4 is 5.78 Å². The Kier molecular flexibility index (Phi) is 3.57. The first-order valence-corrected chi connectivity index (χ1v) is 5.98. The van der Waals surface area contributed by atoms with Crippen LogP contribution in [-0.4, -0.2) is 18.5 Å². The second-order valence-electron chi connectivity index (χ2n) is 4.74. The van der Waals surface area contributed by atoms with E-state index in [0.29, 0.717) is 12.2 Å². The van der Waals surface area contributed by atoms with Gasteiger partial charge in [0.05, 0.1) is 6.10 Å². The number of hydrogen-bond donors (Lipinski definition) is 0. The molecule has 2 saturated carbocycles. The summed E-state index contributed by atoms with van der Waals surface area (Å²) in [7, 11) is 0. The van der Waals surface area contributed by atoms with Crippen LogP contribution in [0, 0.1) is 5.92 Å². The second-order valence-corrected chi connectivity index (χ2v) is 4.74. The lowest BCUT2D eigenvalue weighted by Gasteiger charge is -2.22. The lowest BCUT2D eigenvalue weighted by Crippen LogP contribution is -2.18. The van der Waals surface area contributed by atoms with E-state index in [1.54, 1.807) is 0 Å². The Morgan fingerprint density at radius 1 is 1.14 bits per heavy atom. The molecule has 0 N–H and O–H groups in total. The summed E-state index contributed by atoms with van der Waals surface area (Å²) < 4.78 is 5.79. The van der Waals surface area contributed by atoms with Gasteiger partial charge in [0.15, 0.2) is 0 Å². The molecule has 80 valence electrons. The van der Waals surface area contributed by atoms with Crippen LogP contribution < -0.4 is 0 Å². The van der Waals surface area contributed by atoms with E-state index in [4.69, 9.17) is 4.74 Å². The first-order valence-electron chi connectivity index (χ1n) is 5.98. The molecule has 0 saturated heterocycles. The van der Waals surface area contributed by atoms with Gasteiger partial charge in [-0.25, -0.2) is 0 Å². The Morgan fingerprint density at radius 3 is 2.57 bits per heavy atom. The lowest BCUT2D eigenvalue weighted by molar-refractivity contribution is -0.118. The zero-order valence-corrected chi connectivity index (χ0v) is 8.84. The SMILES string of the molecule is O=C1CCC(OCC2CCCCC2)C1. The lowest BCUT2D eigenvalue weighted by atomic mass is 9.90. The zero-order valence-electron chi connectivity index (χ0n) is 8.84. The Labute approximate surface area is 86.0 Å². The molecule has 14 heavy (non-hydrogen) atoms. The highest BCUT2D eigenvalue weighted by Crippen LogP contribution is 2.26. The van der Waals surface area contributed by atoms with Crippen LogP contribution in [0.25, 0.3) is 0 Å². The third-order valence-corrected chi connectivity index (χ3v) is 3.49. The van der Waals surface area contributed by atoms with Crippen molar-refractivity contribution in [2.45, 2.75) is 57.5 Å². The molecular formula is C12H20O2. The predicted molar refractivity (Wildman–Crippen MR) is 55.2 cm³/mol. The van der Waals surface area contributed by atoms with Gasteiger partial charge in [0.1, 0.15) is 5.78 Å². The number of ether oxygens (including phenoxy) is 1. The number of carbonyl (C=O) groups is 1. The summed E-state index contributed by atoms with van der Waals surface area (Å²) in [5.41, 5.74) is 0. The van der Waals surface area contributed by atoms with Crippen molar-refractivity contribution in [2.24, 2.45) is 5.92 Å². The van der Waals surface area contributed by atoms with Gasteiger partial charge in [0.25, 0.3) is 0 Å². The van der Waals surface area contributed by atoms with Gasteiger partial charge in [-0.1, -0.05) is 19.3 Å². The maximum absolute atomic E-state index is 11.0. The molecule has 0 amide bonds. The number of ketones is 1. The van der Waals surface area contributed by atoms with Crippen molar-refractivity contribution in [1.29, 1.82) is 0 Å². The van der Waals surface area contributed by atoms with Crippen LogP contribution in [0.5, 0.6) is 0 Å². The number of rotatable bonds is 3. The Balaban J connectivity index is 1.63. The molecule has 2 aliphatic rings. The summed E-state index contributed by atoms with van der Waals surface area (Å²) in [6.07, 6.45) is 9.45. The van der Waals surface area contributed by atoms with Gasteiger partial charge in [0, 0.05) is 19.4 Å². The van der Waals surface area contributed by atoms with Crippen LogP contribution >= 0.6 is 0 Å². The van der Waals surface area contributed by atoms with Gasteiger partial charge in [-0.15, -0.1) is 0 Å². The molecular weight excluding hydrogens is 176 g/mol. The fourth-order valence-corrected chi connectivity index (χ4v) is 2.55. The van der Waals surface area contributed by atoms with E-state index in [-0.39, 0.29) is 6.10 Å². The first kappa shape index (κ1) is 10.2. The molecule has 2 fully saturated rings. The molecule has 0 bridgehead atoms. The molecule has 2 aliphatic carbocycles. The van der Waals surface area contributed by atoms with E-state index in [1.165, 1.54) is 32.1 Å². The van der Waals surface area contributed by atoms with E-state index >= 15 is 0 Å². The molecule has 1 unspecified atom stereocenters. The third kappa shape index (κ3) is 2.81. The summed E-state index contributed by atoms with van der Waals surface area (Å²) in [4.78, 5) is 11.0. The average Bonchev–Trinajstić information content (AvgIpc) is 2.63. The van der Waals surface area contributed by atoms with E-state index in [0.717, 1.165) is 25.4 Å². The van der Waals surface area contributed by atoms with Gasteiger partial charge >= 0.3 is 0 Å². The van der Waals surface area contributed by atoms with Crippen molar-refractivity contribution in [3.8, 4) is 0 Å². The molecule has 0 heterocycles. The molecule has 2 nitrogen and oxygen atoms in total. The molecule has 0 aromatic carbocycles. The molecule has 0 aliphatic heterocycles. The van der Waals surface area contributed by atoms with Crippen molar-refractivity contribution in [1.82, 2.24) is 0 Å². The van der Waals surface area contributed by atoms with Crippen molar-refractivity contribution in [3.05, 3.63) is 0 Å². The molecule has 2 heteroatoms. The Hall–Kier alpha value is -0.370. The van der Waals surface area contributed by atoms with E-state index in [2.05, 4.69) is 0 Å². The summed E-state index contributed by atoms with van der Waals surface area (Å²) in [5, 5.41) is 0. The topological polar surface area (TPSA) is 26.3 Å². The monoisotopic (exact) mass is 196 g/mol. The largest absolute Gasteiger partial charge is 0.377 e. The third-order valence-electron chi connectivity index (χ3n) is 3.49. The maximum atomic E-state index is 11.0. The van der Waals surface area contributed by atoms with Gasteiger partial charge < -0.3 is 4.74 Å². The normalized spacial score (nSPS) is 29.7. The van der Waals surface area contributed by atoms with Crippen LogP contribution in [-0.2, 0) is 9.53 Å². The summed E-state index contributed by atoms with van der Waals surface area (Å²) in [6, 6.07) is 0. The Bertz CT molecular complexity index is 194. The number of hydrogen-bond acceptors (Lipinski definition) is 2. The van der Waals surface area contributed by atoms with Gasteiger partial charge in [-0.3, -0.25) is 4.79 Å². The van der Waals surface area contributed by atoms with Gasteiger partial charge in [0.2, 0.25) is 0 Å². The molecule has 2 rings (SSSR count). The standard InChI is InChI=1S/C12H20O2/c13-11-6-7-12(8-11)14-9-10-4-2-1-3-5-10/h10,12H,1-9H2. The second kappa shape index (κ2) is 4.92. The quantitative estimate of drug-likeness (QED) is 0.693. The van der Waals surface area contributed by atoms with Crippen LogP contribution in [0.1, 0.15) is 51.4 Å². The van der Waals surface area contributed by atoms with Crippen LogP contribution in [0.2, 0.25) is 0 Å². The minimum absolute atomic E-state index is 0.254. The van der Waals surface area contributed by atoms with Crippen molar-refractivity contribution in [3.63, 3.8) is 0 Å². The molecule has 0 spiro atoms. The van der Waals surface area contributed by atoms with E-state index < -0.39 is 0 Å². The van der Waals surface area contributed by atoms with Crippen molar-refractivity contribution in [2.75, 3.05) is 6.61 Å². The highest BCUT2D eigenvalue weighted by atomic mass is 16.5. The van der Waals surface area contributed by atoms with Crippen molar-refractivity contribution < 1.29 is 9.53 Å². The summed E-state index contributed by atoms with van der Waals surface area (Å²) in [6.45, 7) is 0.901. The van der Waals surface area contributed by atoms with Crippen LogP contribution in [0.15, 0.2) is 0 Å². The number of Topliss-reactive ketones (excluding diaryl/α,β-unsaturated/α-hetero) is 1. The minimum atomic E-state index is 0.254. The van der Waals surface area contributed by atoms with Crippen LogP contribution in [0.3, 0.4) is 0 Å². The van der Waals surface area contributed by atoms with Crippen LogP contribution in [0.4, 0.5) is 0 Å². The highest BCUT2D eigenvalue weighted by Gasteiger charge is 2.24. The average molecular weight is 196 g/mol. The maximum Gasteiger partial charge on any atom is 0.135 e. The molecule has 0 aromatic heterocycles. The fourth-order valence-electron chi connectivity index (χ4n) is 2.55. The van der Waals surface area contributed by atoms with E-state index in [1.807, 2.05) is 0 Å². The summed E-state index contributed by atoms with van der Waals surface area (Å²) >= 11 is 0. The van der Waals surface area contributed by atoms with E-state index in [9.17, 15) is 4.79 Å². The Morgan fingerprint density at radius 2 is 1.93 bits per heavy atom. The molecule has 0 radical (unpaired) electrons.